The Kier molecular flexibility index (Phi) is 4.44. The van der Waals surface area contributed by atoms with Gasteiger partial charge in [-0.1, -0.05) is 41.9 Å². The van der Waals surface area contributed by atoms with Gasteiger partial charge in [0.05, 0.1) is 4.90 Å². The smallest absolute Gasteiger partial charge is 0.238 e. The maximum Gasteiger partial charge on any atom is 0.238 e. The third-order valence-electron chi connectivity index (χ3n) is 5.83. The van der Waals surface area contributed by atoms with Gasteiger partial charge in [0.25, 0.3) is 0 Å². The number of sulfonamides is 1. The Labute approximate surface area is 167 Å². The molecule has 0 aromatic heterocycles. The van der Waals surface area contributed by atoms with Crippen molar-refractivity contribution in [2.75, 3.05) is 11.4 Å². The number of carbonyl (C=O) groups excluding carboxylic acids is 1. The topological polar surface area (TPSA) is 80.5 Å². The standard InChI is InChI=1S/C20H21BrN2O3S/c1-11-10-23(19-9-15(27(22,25)26)4-6-16(11)19)20(24)18-8-13-7-14(21)3-5-17(13)12(18)2/h3-7,9,11-12,18H,8,10H2,1-2H3,(H2,22,25,26)/t11?,12-,18-/m0/s1. The van der Waals surface area contributed by atoms with Crippen LogP contribution in [0.4, 0.5) is 5.69 Å². The summed E-state index contributed by atoms with van der Waals surface area (Å²) in [7, 11) is -3.81. The van der Waals surface area contributed by atoms with Gasteiger partial charge in [0.1, 0.15) is 0 Å². The first-order valence-corrected chi connectivity index (χ1v) is 11.3. The van der Waals surface area contributed by atoms with Gasteiger partial charge in [-0.3, -0.25) is 4.79 Å². The van der Waals surface area contributed by atoms with Crippen molar-refractivity contribution in [3.63, 3.8) is 0 Å². The minimum atomic E-state index is -3.81. The van der Waals surface area contributed by atoms with E-state index in [4.69, 9.17) is 5.14 Å². The number of carbonyl (C=O) groups is 1. The average molecular weight is 449 g/mol. The Balaban J connectivity index is 1.69. The molecular formula is C20H21BrN2O3S. The summed E-state index contributed by atoms with van der Waals surface area (Å²) in [4.78, 5) is 15.2. The Morgan fingerprint density at radius 1 is 1.15 bits per heavy atom. The number of primary sulfonamides is 1. The molecule has 1 amide bonds. The summed E-state index contributed by atoms with van der Waals surface area (Å²) >= 11 is 3.50. The van der Waals surface area contributed by atoms with E-state index in [0.717, 1.165) is 10.0 Å². The van der Waals surface area contributed by atoms with E-state index in [1.54, 1.807) is 11.0 Å². The first kappa shape index (κ1) is 18.7. The maximum atomic E-state index is 13.4. The molecule has 2 aliphatic rings. The molecule has 1 unspecified atom stereocenters. The van der Waals surface area contributed by atoms with Gasteiger partial charge in [0.2, 0.25) is 15.9 Å². The quantitative estimate of drug-likeness (QED) is 0.762. The molecular weight excluding hydrogens is 428 g/mol. The number of rotatable bonds is 2. The lowest BCUT2D eigenvalue weighted by Crippen LogP contribution is -2.36. The van der Waals surface area contributed by atoms with Crippen LogP contribution in [0.1, 0.15) is 42.4 Å². The van der Waals surface area contributed by atoms with Gasteiger partial charge in [-0.25, -0.2) is 13.6 Å². The summed E-state index contributed by atoms with van der Waals surface area (Å²) in [6.45, 7) is 4.70. The van der Waals surface area contributed by atoms with Gasteiger partial charge < -0.3 is 4.90 Å². The maximum absolute atomic E-state index is 13.4. The van der Waals surface area contributed by atoms with E-state index in [-0.39, 0.29) is 28.6 Å². The van der Waals surface area contributed by atoms with E-state index in [1.165, 1.54) is 23.3 Å². The van der Waals surface area contributed by atoms with E-state index < -0.39 is 10.0 Å². The molecule has 1 aliphatic heterocycles. The minimum Gasteiger partial charge on any atom is -0.311 e. The van der Waals surface area contributed by atoms with Crippen LogP contribution in [0.25, 0.3) is 0 Å². The molecule has 4 rings (SSSR count). The number of benzene rings is 2. The molecule has 0 bridgehead atoms. The Morgan fingerprint density at radius 2 is 1.85 bits per heavy atom. The molecule has 1 heterocycles. The van der Waals surface area contributed by atoms with E-state index in [2.05, 4.69) is 35.0 Å². The number of hydrogen-bond acceptors (Lipinski definition) is 3. The summed E-state index contributed by atoms with van der Waals surface area (Å²) in [5.41, 5.74) is 4.06. The van der Waals surface area contributed by atoms with Crippen LogP contribution < -0.4 is 10.0 Å². The van der Waals surface area contributed by atoms with Crippen molar-refractivity contribution in [1.82, 2.24) is 0 Å². The second-order valence-corrected chi connectivity index (χ2v) is 10.0. The van der Waals surface area contributed by atoms with Crippen molar-refractivity contribution in [2.45, 2.75) is 37.0 Å². The van der Waals surface area contributed by atoms with Gasteiger partial charge in [-0.15, -0.1) is 0 Å². The molecule has 1 aliphatic carbocycles. The monoisotopic (exact) mass is 448 g/mol. The number of fused-ring (bicyclic) bond motifs is 2. The number of amides is 1. The zero-order valence-electron chi connectivity index (χ0n) is 15.1. The van der Waals surface area contributed by atoms with E-state index >= 15 is 0 Å². The highest BCUT2D eigenvalue weighted by atomic mass is 79.9. The van der Waals surface area contributed by atoms with Crippen LogP contribution in [0.3, 0.4) is 0 Å². The van der Waals surface area contributed by atoms with Crippen LogP contribution in [0, 0.1) is 5.92 Å². The fraction of sp³-hybridized carbons (Fsp3) is 0.350. The Morgan fingerprint density at radius 3 is 2.56 bits per heavy atom. The Hall–Kier alpha value is -1.70. The molecule has 5 nitrogen and oxygen atoms in total. The highest BCUT2D eigenvalue weighted by Gasteiger charge is 2.40. The molecule has 3 atom stereocenters. The van der Waals surface area contributed by atoms with Crippen LogP contribution in [-0.4, -0.2) is 20.9 Å². The van der Waals surface area contributed by atoms with E-state index in [9.17, 15) is 13.2 Å². The number of halogens is 1. The van der Waals surface area contributed by atoms with Gasteiger partial charge in [0, 0.05) is 28.5 Å². The highest BCUT2D eigenvalue weighted by molar-refractivity contribution is 9.10. The van der Waals surface area contributed by atoms with Crippen LogP contribution in [0.5, 0.6) is 0 Å². The highest BCUT2D eigenvalue weighted by Crippen LogP contribution is 2.43. The molecule has 0 saturated carbocycles. The zero-order valence-corrected chi connectivity index (χ0v) is 17.5. The number of anilines is 1. The summed E-state index contributed by atoms with van der Waals surface area (Å²) in [5.74, 6) is 0.186. The summed E-state index contributed by atoms with van der Waals surface area (Å²) in [6.07, 6.45) is 0.698. The normalized spacial score (nSPS) is 24.0. The molecule has 0 saturated heterocycles. The molecule has 7 heteroatoms. The first-order chi connectivity index (χ1) is 12.7. The van der Waals surface area contributed by atoms with E-state index in [1.807, 2.05) is 13.0 Å². The zero-order chi connectivity index (χ0) is 19.5. The van der Waals surface area contributed by atoms with Crippen molar-refractivity contribution in [2.24, 2.45) is 11.1 Å². The van der Waals surface area contributed by atoms with Gasteiger partial charge >= 0.3 is 0 Å². The molecule has 2 N–H and O–H groups in total. The summed E-state index contributed by atoms with van der Waals surface area (Å²) in [5, 5.41) is 5.29. The van der Waals surface area contributed by atoms with Gasteiger partial charge in [-0.05, 0) is 53.3 Å². The lowest BCUT2D eigenvalue weighted by molar-refractivity contribution is -0.122. The third-order valence-corrected chi connectivity index (χ3v) is 7.24. The third kappa shape index (κ3) is 3.11. The van der Waals surface area contributed by atoms with Crippen molar-refractivity contribution < 1.29 is 13.2 Å². The average Bonchev–Trinajstić information content (AvgIpc) is 3.11. The van der Waals surface area contributed by atoms with Crippen molar-refractivity contribution >= 4 is 37.5 Å². The SMILES string of the molecule is CC1CN(C(=O)[C@H]2Cc3cc(Br)ccc3[C@@H]2C)c2cc(S(N)(=O)=O)ccc21. The largest absolute Gasteiger partial charge is 0.311 e. The van der Waals surface area contributed by atoms with Gasteiger partial charge in [0.15, 0.2) is 0 Å². The second kappa shape index (κ2) is 6.43. The lowest BCUT2D eigenvalue weighted by atomic mass is 9.93. The molecule has 0 fully saturated rings. The number of nitrogens with zero attached hydrogens (tertiary/aromatic N) is 1. The summed E-state index contributed by atoms with van der Waals surface area (Å²) in [6, 6.07) is 11.0. The molecule has 2 aromatic rings. The number of nitrogens with two attached hydrogens (primary N) is 1. The van der Waals surface area contributed by atoms with Crippen LogP contribution in [-0.2, 0) is 21.2 Å². The predicted octanol–water partition coefficient (Wildman–Crippen LogP) is 3.52. The molecule has 0 radical (unpaired) electrons. The van der Waals surface area contributed by atoms with Crippen LogP contribution >= 0.6 is 15.9 Å². The van der Waals surface area contributed by atoms with Gasteiger partial charge in [-0.2, -0.15) is 0 Å². The first-order valence-electron chi connectivity index (χ1n) is 8.93. The lowest BCUT2D eigenvalue weighted by Gasteiger charge is -2.24. The van der Waals surface area contributed by atoms with Crippen LogP contribution in [0.2, 0.25) is 0 Å². The predicted molar refractivity (Wildman–Crippen MR) is 108 cm³/mol. The molecule has 27 heavy (non-hydrogen) atoms. The van der Waals surface area contributed by atoms with Crippen molar-refractivity contribution in [3.8, 4) is 0 Å². The molecule has 2 aromatic carbocycles. The summed E-state index contributed by atoms with van der Waals surface area (Å²) < 4.78 is 24.5. The second-order valence-electron chi connectivity index (χ2n) is 7.56. The van der Waals surface area contributed by atoms with E-state index in [0.29, 0.717) is 18.7 Å². The Bertz CT molecular complexity index is 1050. The number of hydrogen-bond donors (Lipinski definition) is 1. The van der Waals surface area contributed by atoms with Crippen molar-refractivity contribution in [1.29, 1.82) is 0 Å². The fourth-order valence-electron chi connectivity index (χ4n) is 4.36. The van der Waals surface area contributed by atoms with Crippen molar-refractivity contribution in [3.05, 3.63) is 57.6 Å². The fourth-order valence-corrected chi connectivity index (χ4v) is 5.30. The molecule has 0 spiro atoms. The van der Waals surface area contributed by atoms with Crippen LogP contribution in [0.15, 0.2) is 45.8 Å². The molecule has 142 valence electrons. The minimum absolute atomic E-state index is 0.0415.